The maximum absolute atomic E-state index is 13.0. The fraction of sp³-hybridized carbons (Fsp3) is 0.250. The van der Waals surface area contributed by atoms with E-state index in [1.165, 1.54) is 18.2 Å². The largest absolute Gasteiger partial charge is 0.387 e. The average Bonchev–Trinajstić information content (AvgIpc) is 2.03. The minimum Gasteiger partial charge on any atom is -0.387 e. The molecule has 66 valence electrons. The van der Waals surface area contributed by atoms with Gasteiger partial charge in [-0.05, 0) is 12.1 Å². The van der Waals surface area contributed by atoms with E-state index in [1.807, 2.05) is 0 Å². The highest BCUT2D eigenvalue weighted by atomic mass is 35.5. The SMILES string of the molecule is NC[C@H](O)c1c(F)cccc1Cl. The molecule has 0 unspecified atom stereocenters. The van der Waals surface area contributed by atoms with E-state index < -0.39 is 11.9 Å². The molecule has 1 rings (SSSR count). The molecule has 0 saturated carbocycles. The molecule has 1 aromatic rings. The summed E-state index contributed by atoms with van der Waals surface area (Å²) >= 11 is 5.65. The number of benzene rings is 1. The van der Waals surface area contributed by atoms with E-state index in [0.29, 0.717) is 0 Å². The van der Waals surface area contributed by atoms with Crippen LogP contribution in [0.25, 0.3) is 0 Å². The minimum absolute atomic E-state index is 0.0410. The molecule has 0 aromatic heterocycles. The number of halogens is 2. The molecule has 0 amide bonds. The van der Waals surface area contributed by atoms with Gasteiger partial charge in [0.2, 0.25) is 0 Å². The lowest BCUT2D eigenvalue weighted by Gasteiger charge is -2.10. The van der Waals surface area contributed by atoms with Gasteiger partial charge in [0.15, 0.2) is 0 Å². The van der Waals surface area contributed by atoms with Crippen LogP contribution in [0.1, 0.15) is 11.7 Å². The van der Waals surface area contributed by atoms with Crippen LogP contribution in [0.15, 0.2) is 18.2 Å². The van der Waals surface area contributed by atoms with Crippen LogP contribution >= 0.6 is 11.6 Å². The van der Waals surface area contributed by atoms with Crippen LogP contribution in [-0.4, -0.2) is 11.7 Å². The topological polar surface area (TPSA) is 46.2 Å². The molecule has 0 aliphatic carbocycles. The Morgan fingerprint density at radius 2 is 2.25 bits per heavy atom. The van der Waals surface area contributed by atoms with Crippen LogP contribution in [0.2, 0.25) is 5.02 Å². The average molecular weight is 190 g/mol. The number of nitrogens with two attached hydrogens (primary N) is 1. The van der Waals surface area contributed by atoms with Crippen LogP contribution in [0.5, 0.6) is 0 Å². The number of hydrogen-bond acceptors (Lipinski definition) is 2. The lowest BCUT2D eigenvalue weighted by atomic mass is 10.1. The van der Waals surface area contributed by atoms with Gasteiger partial charge in [0.25, 0.3) is 0 Å². The second kappa shape index (κ2) is 3.85. The number of aliphatic hydroxyl groups is 1. The Balaban J connectivity index is 3.12. The summed E-state index contributed by atoms with van der Waals surface area (Å²) in [4.78, 5) is 0. The Hall–Kier alpha value is -0.640. The predicted octanol–water partition coefficient (Wildman–Crippen LogP) is 1.47. The molecular weight excluding hydrogens is 181 g/mol. The van der Waals surface area contributed by atoms with Gasteiger partial charge in [-0.15, -0.1) is 0 Å². The van der Waals surface area contributed by atoms with Crippen molar-refractivity contribution in [1.82, 2.24) is 0 Å². The Labute approximate surface area is 74.8 Å². The van der Waals surface area contributed by atoms with Gasteiger partial charge in [-0.3, -0.25) is 0 Å². The summed E-state index contributed by atoms with van der Waals surface area (Å²) in [6.45, 7) is -0.0410. The number of aliphatic hydroxyl groups excluding tert-OH is 1. The lowest BCUT2D eigenvalue weighted by Crippen LogP contribution is -2.13. The van der Waals surface area contributed by atoms with E-state index in [2.05, 4.69) is 0 Å². The quantitative estimate of drug-likeness (QED) is 0.740. The summed E-state index contributed by atoms with van der Waals surface area (Å²) in [5.41, 5.74) is 5.24. The number of hydrogen-bond donors (Lipinski definition) is 2. The summed E-state index contributed by atoms with van der Waals surface area (Å²) in [5, 5.41) is 9.44. The van der Waals surface area contributed by atoms with Crippen molar-refractivity contribution in [3.63, 3.8) is 0 Å². The van der Waals surface area contributed by atoms with E-state index in [4.69, 9.17) is 17.3 Å². The minimum atomic E-state index is -1.03. The van der Waals surface area contributed by atoms with Crippen molar-refractivity contribution < 1.29 is 9.50 Å². The normalized spacial score (nSPS) is 13.0. The maximum atomic E-state index is 13.0. The van der Waals surface area contributed by atoms with Gasteiger partial charge in [-0.2, -0.15) is 0 Å². The third-order valence-electron chi connectivity index (χ3n) is 1.56. The first-order valence-electron chi connectivity index (χ1n) is 3.49. The molecule has 2 nitrogen and oxygen atoms in total. The molecule has 12 heavy (non-hydrogen) atoms. The van der Waals surface area contributed by atoms with Gasteiger partial charge in [-0.25, -0.2) is 4.39 Å². The molecule has 0 spiro atoms. The molecule has 1 atom stereocenters. The van der Waals surface area contributed by atoms with E-state index in [-0.39, 0.29) is 17.1 Å². The zero-order chi connectivity index (χ0) is 9.14. The Morgan fingerprint density at radius 1 is 1.58 bits per heavy atom. The van der Waals surface area contributed by atoms with Crippen LogP contribution in [0.4, 0.5) is 4.39 Å². The molecule has 0 radical (unpaired) electrons. The third kappa shape index (κ3) is 1.75. The first kappa shape index (κ1) is 9.45. The summed E-state index contributed by atoms with van der Waals surface area (Å²) in [7, 11) is 0. The molecule has 0 aliphatic rings. The molecule has 1 aromatic carbocycles. The van der Waals surface area contributed by atoms with Crippen molar-refractivity contribution in [2.45, 2.75) is 6.10 Å². The molecular formula is C8H9ClFNO. The molecule has 0 fully saturated rings. The van der Waals surface area contributed by atoms with Crippen LogP contribution in [-0.2, 0) is 0 Å². The molecule has 4 heteroatoms. The van der Waals surface area contributed by atoms with Gasteiger partial charge in [0.1, 0.15) is 5.82 Å². The fourth-order valence-corrected chi connectivity index (χ4v) is 1.24. The van der Waals surface area contributed by atoms with Crippen molar-refractivity contribution in [3.05, 3.63) is 34.6 Å². The summed E-state index contributed by atoms with van der Waals surface area (Å²) in [6.07, 6.45) is -1.03. The van der Waals surface area contributed by atoms with Gasteiger partial charge in [0, 0.05) is 17.1 Å². The second-order valence-corrected chi connectivity index (χ2v) is 2.79. The van der Waals surface area contributed by atoms with Crippen LogP contribution in [0.3, 0.4) is 0 Å². The highest BCUT2D eigenvalue weighted by Gasteiger charge is 2.14. The Kier molecular flexibility index (Phi) is 3.03. The van der Waals surface area contributed by atoms with E-state index in [1.54, 1.807) is 0 Å². The van der Waals surface area contributed by atoms with Crippen molar-refractivity contribution in [2.75, 3.05) is 6.54 Å². The maximum Gasteiger partial charge on any atom is 0.130 e. The molecule has 0 saturated heterocycles. The van der Waals surface area contributed by atoms with Gasteiger partial charge >= 0.3 is 0 Å². The van der Waals surface area contributed by atoms with E-state index in [9.17, 15) is 9.50 Å². The fourth-order valence-electron chi connectivity index (χ4n) is 0.947. The monoisotopic (exact) mass is 189 g/mol. The highest BCUT2D eigenvalue weighted by molar-refractivity contribution is 6.31. The van der Waals surface area contributed by atoms with Crippen molar-refractivity contribution in [3.8, 4) is 0 Å². The zero-order valence-electron chi connectivity index (χ0n) is 6.30. The lowest BCUT2D eigenvalue weighted by molar-refractivity contribution is 0.182. The second-order valence-electron chi connectivity index (χ2n) is 2.39. The van der Waals surface area contributed by atoms with Gasteiger partial charge < -0.3 is 10.8 Å². The molecule has 0 aliphatic heterocycles. The van der Waals surface area contributed by atoms with Crippen LogP contribution in [0, 0.1) is 5.82 Å². The van der Waals surface area contributed by atoms with Crippen molar-refractivity contribution >= 4 is 11.6 Å². The Bertz CT molecular complexity index is 260. The standard InChI is InChI=1S/C8H9ClFNO/c9-5-2-1-3-6(10)8(5)7(12)4-11/h1-3,7,12H,4,11H2/t7-/m0/s1. The predicted molar refractivity (Wildman–Crippen MR) is 45.4 cm³/mol. The van der Waals surface area contributed by atoms with Crippen LogP contribution < -0.4 is 5.73 Å². The van der Waals surface area contributed by atoms with Crippen molar-refractivity contribution in [2.24, 2.45) is 5.73 Å². The highest BCUT2D eigenvalue weighted by Crippen LogP contribution is 2.24. The Morgan fingerprint density at radius 3 is 2.75 bits per heavy atom. The van der Waals surface area contributed by atoms with Gasteiger partial charge in [0.05, 0.1) is 6.10 Å². The number of rotatable bonds is 2. The first-order valence-corrected chi connectivity index (χ1v) is 3.86. The van der Waals surface area contributed by atoms with E-state index >= 15 is 0 Å². The summed E-state index contributed by atoms with van der Waals surface area (Å²) < 4.78 is 13.0. The smallest absolute Gasteiger partial charge is 0.130 e. The first-order chi connectivity index (χ1) is 5.66. The van der Waals surface area contributed by atoms with Gasteiger partial charge in [-0.1, -0.05) is 17.7 Å². The molecule has 0 heterocycles. The van der Waals surface area contributed by atoms with Crippen molar-refractivity contribution in [1.29, 1.82) is 0 Å². The molecule has 0 bridgehead atoms. The zero-order valence-corrected chi connectivity index (χ0v) is 7.05. The summed E-state index contributed by atoms with van der Waals surface area (Å²) in [5.74, 6) is -0.527. The molecule has 3 N–H and O–H groups in total. The van der Waals surface area contributed by atoms with E-state index in [0.717, 1.165) is 0 Å². The third-order valence-corrected chi connectivity index (χ3v) is 1.89. The summed E-state index contributed by atoms with van der Waals surface area (Å²) in [6, 6.07) is 4.23.